The van der Waals surface area contributed by atoms with E-state index in [9.17, 15) is 0 Å². The predicted octanol–water partition coefficient (Wildman–Crippen LogP) is 4.01. The zero-order valence-corrected chi connectivity index (χ0v) is 10.1. The first kappa shape index (κ1) is 10.1. The zero-order valence-electron chi connectivity index (χ0n) is 10.1. The molecule has 86 valence electrons. The number of benzene rings is 1. The first-order valence-electron chi connectivity index (χ1n) is 5.57. The molecule has 0 saturated heterocycles. The molecule has 0 atom stereocenters. The topological polar surface area (TPSA) is 39.2 Å². The maximum absolute atomic E-state index is 5.46. The van der Waals surface area contributed by atoms with E-state index >= 15 is 0 Å². The van der Waals surface area contributed by atoms with E-state index in [1.807, 2.05) is 32.9 Å². The second-order valence-electron chi connectivity index (χ2n) is 4.27. The summed E-state index contributed by atoms with van der Waals surface area (Å²) in [5.41, 5.74) is 4.02. The summed E-state index contributed by atoms with van der Waals surface area (Å²) < 4.78 is 10.9. The first-order valence-corrected chi connectivity index (χ1v) is 5.57. The molecule has 0 aliphatic heterocycles. The lowest BCUT2D eigenvalue weighted by Gasteiger charge is -1.98. The van der Waals surface area contributed by atoms with Gasteiger partial charge in [-0.2, -0.15) is 0 Å². The highest BCUT2D eigenvalue weighted by atomic mass is 16.4. The Kier molecular flexibility index (Phi) is 2.08. The summed E-state index contributed by atoms with van der Waals surface area (Å²) in [7, 11) is 0. The van der Waals surface area contributed by atoms with Crippen molar-refractivity contribution in [2.24, 2.45) is 0 Å². The zero-order chi connectivity index (χ0) is 12.0. The summed E-state index contributed by atoms with van der Waals surface area (Å²) in [6.07, 6.45) is 1.77. The predicted molar refractivity (Wildman–Crippen MR) is 65.9 cm³/mol. The van der Waals surface area contributed by atoms with Gasteiger partial charge in [0.1, 0.15) is 17.0 Å². The van der Waals surface area contributed by atoms with Gasteiger partial charge in [-0.05, 0) is 37.6 Å². The number of furan rings is 1. The molecule has 0 saturated carbocycles. The van der Waals surface area contributed by atoms with Crippen LogP contribution in [-0.2, 0) is 0 Å². The molecular weight excluding hydrogens is 214 g/mol. The molecule has 0 amide bonds. The second kappa shape index (κ2) is 3.48. The molecule has 3 aromatic rings. The van der Waals surface area contributed by atoms with Gasteiger partial charge in [-0.1, -0.05) is 0 Å². The van der Waals surface area contributed by atoms with Crippen LogP contribution in [0, 0.1) is 20.8 Å². The summed E-state index contributed by atoms with van der Waals surface area (Å²) in [6, 6.07) is 6.08. The molecule has 2 heterocycles. The van der Waals surface area contributed by atoms with Crippen molar-refractivity contribution < 1.29 is 8.83 Å². The number of fused-ring (bicyclic) bond motifs is 1. The van der Waals surface area contributed by atoms with Crippen molar-refractivity contribution in [1.29, 1.82) is 0 Å². The van der Waals surface area contributed by atoms with Crippen LogP contribution in [0.2, 0.25) is 0 Å². The van der Waals surface area contributed by atoms with Gasteiger partial charge in [-0.15, -0.1) is 0 Å². The van der Waals surface area contributed by atoms with E-state index in [2.05, 4.69) is 11.1 Å². The number of nitrogens with zero attached hydrogens (tertiary/aromatic N) is 1. The molecule has 0 N–H and O–H groups in total. The third-order valence-corrected chi connectivity index (χ3v) is 2.94. The van der Waals surface area contributed by atoms with Crippen molar-refractivity contribution in [2.75, 3.05) is 0 Å². The van der Waals surface area contributed by atoms with Crippen molar-refractivity contribution in [1.82, 2.24) is 4.98 Å². The molecule has 3 rings (SSSR count). The number of rotatable bonds is 1. The lowest BCUT2D eigenvalue weighted by atomic mass is 10.1. The molecule has 0 unspecified atom stereocenters. The molecule has 0 aliphatic carbocycles. The Morgan fingerprint density at radius 3 is 2.65 bits per heavy atom. The van der Waals surface area contributed by atoms with E-state index in [-0.39, 0.29) is 0 Å². The summed E-state index contributed by atoms with van der Waals surface area (Å²) in [6.45, 7) is 5.83. The normalized spacial score (nSPS) is 11.2. The van der Waals surface area contributed by atoms with E-state index < -0.39 is 0 Å². The van der Waals surface area contributed by atoms with Crippen LogP contribution in [0.1, 0.15) is 17.2 Å². The number of hydrogen-bond donors (Lipinski definition) is 0. The molecule has 0 bridgehead atoms. The minimum atomic E-state index is 0.696. The molecule has 0 radical (unpaired) electrons. The average Bonchev–Trinajstić information content (AvgIpc) is 2.83. The van der Waals surface area contributed by atoms with E-state index in [1.54, 1.807) is 6.26 Å². The minimum Gasteiger partial charge on any atom is -0.464 e. The number of oxazole rings is 1. The Hall–Kier alpha value is -2.03. The molecule has 0 spiro atoms. The maximum atomic E-state index is 5.46. The number of aryl methyl sites for hydroxylation is 3. The fraction of sp³-hybridized carbons (Fsp3) is 0.214. The molecular formula is C14H13NO2. The Balaban J connectivity index is 2.23. The van der Waals surface area contributed by atoms with E-state index in [4.69, 9.17) is 8.83 Å². The van der Waals surface area contributed by atoms with Crippen molar-refractivity contribution >= 4 is 11.0 Å². The van der Waals surface area contributed by atoms with Crippen molar-refractivity contribution in [3.05, 3.63) is 41.7 Å². The van der Waals surface area contributed by atoms with Gasteiger partial charge in [0, 0.05) is 17.9 Å². The van der Waals surface area contributed by atoms with Gasteiger partial charge in [0.05, 0.1) is 6.26 Å². The highest BCUT2D eigenvalue weighted by molar-refractivity contribution is 5.85. The molecule has 0 fully saturated rings. The summed E-state index contributed by atoms with van der Waals surface area (Å²) in [5, 5.41) is 1.13. The Labute approximate surface area is 99.1 Å². The summed E-state index contributed by atoms with van der Waals surface area (Å²) in [4.78, 5) is 4.40. The summed E-state index contributed by atoms with van der Waals surface area (Å²) in [5.74, 6) is 1.55. The van der Waals surface area contributed by atoms with Gasteiger partial charge >= 0.3 is 0 Å². The van der Waals surface area contributed by atoms with Gasteiger partial charge in [0.25, 0.3) is 0 Å². The number of aromatic nitrogens is 1. The quantitative estimate of drug-likeness (QED) is 0.630. The van der Waals surface area contributed by atoms with Crippen LogP contribution in [0.4, 0.5) is 0 Å². The third kappa shape index (κ3) is 1.55. The van der Waals surface area contributed by atoms with E-state index in [0.717, 1.165) is 33.6 Å². The SMILES string of the molecule is Cc1nc(-c2ccc3occ(C)c3c2)c(C)o1. The smallest absolute Gasteiger partial charge is 0.191 e. The standard InChI is InChI=1S/C14H13NO2/c1-8-7-16-13-5-4-11(6-12(8)13)14-9(2)17-10(3)15-14/h4-7H,1-3H3. The van der Waals surface area contributed by atoms with Gasteiger partial charge < -0.3 is 8.83 Å². The largest absolute Gasteiger partial charge is 0.464 e. The molecule has 3 nitrogen and oxygen atoms in total. The van der Waals surface area contributed by atoms with Gasteiger partial charge in [-0.25, -0.2) is 4.98 Å². The van der Waals surface area contributed by atoms with Crippen LogP contribution in [0.5, 0.6) is 0 Å². The molecule has 2 aromatic heterocycles. The average molecular weight is 227 g/mol. The maximum Gasteiger partial charge on any atom is 0.191 e. The fourth-order valence-electron chi connectivity index (χ4n) is 2.10. The van der Waals surface area contributed by atoms with E-state index in [0.29, 0.717) is 5.89 Å². The lowest BCUT2D eigenvalue weighted by Crippen LogP contribution is -1.81. The fourth-order valence-corrected chi connectivity index (χ4v) is 2.10. The van der Waals surface area contributed by atoms with Crippen LogP contribution in [0.25, 0.3) is 22.2 Å². The highest BCUT2D eigenvalue weighted by Gasteiger charge is 2.11. The second-order valence-corrected chi connectivity index (χ2v) is 4.27. The molecule has 17 heavy (non-hydrogen) atoms. The van der Waals surface area contributed by atoms with Gasteiger partial charge in [0.2, 0.25) is 0 Å². The monoisotopic (exact) mass is 227 g/mol. The van der Waals surface area contributed by atoms with Crippen molar-refractivity contribution in [2.45, 2.75) is 20.8 Å². The molecule has 1 aromatic carbocycles. The van der Waals surface area contributed by atoms with E-state index in [1.165, 1.54) is 0 Å². The third-order valence-electron chi connectivity index (χ3n) is 2.94. The van der Waals surface area contributed by atoms with Crippen LogP contribution < -0.4 is 0 Å². The number of hydrogen-bond acceptors (Lipinski definition) is 3. The molecule has 0 aliphatic rings. The Morgan fingerprint density at radius 2 is 1.94 bits per heavy atom. The van der Waals surface area contributed by atoms with Gasteiger partial charge in [0.15, 0.2) is 5.89 Å². The van der Waals surface area contributed by atoms with Crippen LogP contribution in [-0.4, -0.2) is 4.98 Å². The molecule has 3 heteroatoms. The summed E-state index contributed by atoms with van der Waals surface area (Å²) >= 11 is 0. The Morgan fingerprint density at radius 1 is 1.12 bits per heavy atom. The van der Waals surface area contributed by atoms with Crippen LogP contribution in [0.3, 0.4) is 0 Å². The van der Waals surface area contributed by atoms with Crippen molar-refractivity contribution in [3.63, 3.8) is 0 Å². The first-order chi connectivity index (χ1) is 8.15. The minimum absolute atomic E-state index is 0.696. The van der Waals surface area contributed by atoms with Crippen LogP contribution >= 0.6 is 0 Å². The van der Waals surface area contributed by atoms with Gasteiger partial charge in [-0.3, -0.25) is 0 Å². The highest BCUT2D eigenvalue weighted by Crippen LogP contribution is 2.29. The van der Waals surface area contributed by atoms with Crippen LogP contribution in [0.15, 0.2) is 33.3 Å². The van der Waals surface area contributed by atoms with Crippen molar-refractivity contribution in [3.8, 4) is 11.3 Å². The lowest BCUT2D eigenvalue weighted by molar-refractivity contribution is 0.495. The Bertz CT molecular complexity index is 691.